The molecule has 0 saturated carbocycles. The van der Waals surface area contributed by atoms with Crippen LogP contribution in [0.15, 0.2) is 24.3 Å². The van der Waals surface area contributed by atoms with Crippen LogP contribution in [0.25, 0.3) is 0 Å². The molecular formula is C14H14N4. The van der Waals surface area contributed by atoms with Gasteiger partial charge >= 0.3 is 0 Å². The van der Waals surface area contributed by atoms with Crippen molar-refractivity contribution < 1.29 is 0 Å². The fraction of sp³-hybridized carbons (Fsp3) is 0.214. The summed E-state index contributed by atoms with van der Waals surface area (Å²) in [4.78, 5) is 0. The van der Waals surface area contributed by atoms with Crippen molar-refractivity contribution in [2.45, 2.75) is 20.8 Å². The number of rotatable bonds is 2. The minimum absolute atomic E-state index is 0.506. The first-order valence-electron chi connectivity index (χ1n) is 5.69. The topological polar surface area (TPSA) is 61.6 Å². The molecule has 0 saturated heterocycles. The Morgan fingerprint density at radius 3 is 2.61 bits per heavy atom. The van der Waals surface area contributed by atoms with E-state index in [0.29, 0.717) is 11.4 Å². The van der Waals surface area contributed by atoms with E-state index in [1.54, 1.807) is 0 Å². The molecule has 18 heavy (non-hydrogen) atoms. The first-order chi connectivity index (χ1) is 8.61. The van der Waals surface area contributed by atoms with Crippen LogP contribution < -0.4 is 5.32 Å². The third-order valence-corrected chi connectivity index (χ3v) is 2.85. The monoisotopic (exact) mass is 238 g/mol. The minimum Gasteiger partial charge on any atom is -0.338 e. The highest BCUT2D eigenvalue weighted by atomic mass is 15.2. The number of nitriles is 1. The van der Waals surface area contributed by atoms with Crippen LogP contribution in [-0.4, -0.2) is 10.2 Å². The Bertz CT molecular complexity index is 626. The van der Waals surface area contributed by atoms with Gasteiger partial charge in [0.15, 0.2) is 5.82 Å². The summed E-state index contributed by atoms with van der Waals surface area (Å²) in [7, 11) is 0. The van der Waals surface area contributed by atoms with E-state index in [-0.39, 0.29) is 0 Å². The summed E-state index contributed by atoms with van der Waals surface area (Å²) >= 11 is 0. The molecule has 1 aromatic heterocycles. The summed E-state index contributed by atoms with van der Waals surface area (Å²) in [6.07, 6.45) is 0. The van der Waals surface area contributed by atoms with E-state index < -0.39 is 0 Å². The van der Waals surface area contributed by atoms with Crippen LogP contribution in [0.5, 0.6) is 0 Å². The second-order valence-corrected chi connectivity index (χ2v) is 4.24. The zero-order valence-corrected chi connectivity index (χ0v) is 10.7. The third kappa shape index (κ3) is 2.30. The molecule has 0 aliphatic heterocycles. The predicted molar refractivity (Wildman–Crippen MR) is 70.7 cm³/mol. The van der Waals surface area contributed by atoms with Crippen molar-refractivity contribution in [3.8, 4) is 6.07 Å². The SMILES string of the molecule is Cc1cccc(Nc2nnc(C)c(C)c2C#N)c1. The maximum atomic E-state index is 9.20. The lowest BCUT2D eigenvalue weighted by molar-refractivity contribution is 0.960. The van der Waals surface area contributed by atoms with Crippen LogP contribution in [0, 0.1) is 32.1 Å². The van der Waals surface area contributed by atoms with Crippen molar-refractivity contribution in [2.24, 2.45) is 0 Å². The average molecular weight is 238 g/mol. The van der Waals surface area contributed by atoms with E-state index in [1.165, 1.54) is 0 Å². The summed E-state index contributed by atoms with van der Waals surface area (Å²) < 4.78 is 0. The maximum Gasteiger partial charge on any atom is 0.171 e. The highest BCUT2D eigenvalue weighted by Gasteiger charge is 2.10. The van der Waals surface area contributed by atoms with Gasteiger partial charge in [0, 0.05) is 5.69 Å². The smallest absolute Gasteiger partial charge is 0.171 e. The lowest BCUT2D eigenvalue weighted by Crippen LogP contribution is -2.03. The Labute approximate surface area is 106 Å². The second-order valence-electron chi connectivity index (χ2n) is 4.24. The van der Waals surface area contributed by atoms with Crippen molar-refractivity contribution in [1.29, 1.82) is 5.26 Å². The van der Waals surface area contributed by atoms with Crippen LogP contribution in [0.2, 0.25) is 0 Å². The quantitative estimate of drug-likeness (QED) is 0.873. The molecule has 4 nitrogen and oxygen atoms in total. The van der Waals surface area contributed by atoms with Crippen LogP contribution in [0.1, 0.15) is 22.4 Å². The number of anilines is 2. The molecule has 1 heterocycles. The van der Waals surface area contributed by atoms with E-state index in [9.17, 15) is 5.26 Å². The Morgan fingerprint density at radius 1 is 1.17 bits per heavy atom. The highest BCUT2D eigenvalue weighted by molar-refractivity contribution is 5.64. The molecule has 0 aliphatic carbocycles. The molecule has 0 bridgehead atoms. The second kappa shape index (κ2) is 4.84. The van der Waals surface area contributed by atoms with Gasteiger partial charge in [0.1, 0.15) is 11.6 Å². The predicted octanol–water partition coefficient (Wildman–Crippen LogP) is 3.02. The molecule has 2 rings (SSSR count). The molecule has 0 fully saturated rings. The summed E-state index contributed by atoms with van der Waals surface area (Å²) in [5, 5.41) is 20.4. The summed E-state index contributed by atoms with van der Waals surface area (Å²) in [5.74, 6) is 0.506. The molecule has 0 aliphatic rings. The van der Waals surface area contributed by atoms with Gasteiger partial charge in [0.2, 0.25) is 0 Å². The first kappa shape index (κ1) is 12.1. The molecule has 0 unspecified atom stereocenters. The Balaban J connectivity index is 2.42. The van der Waals surface area contributed by atoms with E-state index in [0.717, 1.165) is 22.5 Å². The van der Waals surface area contributed by atoms with Crippen molar-refractivity contribution >= 4 is 11.5 Å². The zero-order chi connectivity index (χ0) is 13.1. The van der Waals surface area contributed by atoms with Crippen LogP contribution in [-0.2, 0) is 0 Å². The lowest BCUT2D eigenvalue weighted by Gasteiger charge is -2.09. The van der Waals surface area contributed by atoms with Crippen molar-refractivity contribution in [2.75, 3.05) is 5.32 Å². The molecule has 0 atom stereocenters. The summed E-state index contributed by atoms with van der Waals surface area (Å²) in [5.41, 5.74) is 4.24. The molecule has 4 heteroatoms. The molecular weight excluding hydrogens is 224 g/mol. The minimum atomic E-state index is 0.506. The third-order valence-electron chi connectivity index (χ3n) is 2.85. The van der Waals surface area contributed by atoms with Crippen LogP contribution in [0.4, 0.5) is 11.5 Å². The van der Waals surface area contributed by atoms with Gasteiger partial charge in [-0.3, -0.25) is 0 Å². The molecule has 2 aromatic rings. The van der Waals surface area contributed by atoms with Gasteiger partial charge in [-0.25, -0.2) is 0 Å². The van der Waals surface area contributed by atoms with Crippen molar-refractivity contribution in [3.63, 3.8) is 0 Å². The van der Waals surface area contributed by atoms with E-state index in [1.807, 2.05) is 45.0 Å². The molecule has 90 valence electrons. The van der Waals surface area contributed by atoms with Gasteiger partial charge in [-0.1, -0.05) is 12.1 Å². The standard InChI is InChI=1S/C14H14N4/c1-9-5-4-6-12(7-9)16-14-13(8-15)10(2)11(3)17-18-14/h4-7H,1-3H3,(H,16,18). The number of hydrogen-bond donors (Lipinski definition) is 1. The van der Waals surface area contributed by atoms with E-state index >= 15 is 0 Å². The number of nitrogens with one attached hydrogen (secondary N) is 1. The van der Waals surface area contributed by atoms with Gasteiger partial charge in [0.25, 0.3) is 0 Å². The molecule has 0 amide bonds. The van der Waals surface area contributed by atoms with Gasteiger partial charge in [0.05, 0.1) is 5.69 Å². The van der Waals surface area contributed by atoms with Crippen LogP contribution in [0.3, 0.4) is 0 Å². The average Bonchev–Trinajstić information content (AvgIpc) is 2.34. The number of aromatic nitrogens is 2. The molecule has 1 aromatic carbocycles. The van der Waals surface area contributed by atoms with Gasteiger partial charge in [-0.15, -0.1) is 5.10 Å². The number of aryl methyl sites for hydroxylation is 2. The van der Waals surface area contributed by atoms with Crippen molar-refractivity contribution in [3.05, 3.63) is 46.6 Å². The van der Waals surface area contributed by atoms with Crippen molar-refractivity contribution in [1.82, 2.24) is 10.2 Å². The molecule has 0 radical (unpaired) electrons. The Hall–Kier alpha value is -2.41. The van der Waals surface area contributed by atoms with E-state index in [2.05, 4.69) is 21.6 Å². The van der Waals surface area contributed by atoms with Crippen LogP contribution >= 0.6 is 0 Å². The Morgan fingerprint density at radius 2 is 1.94 bits per heavy atom. The first-order valence-corrected chi connectivity index (χ1v) is 5.69. The summed E-state index contributed by atoms with van der Waals surface area (Å²) in [6.45, 7) is 5.74. The highest BCUT2D eigenvalue weighted by Crippen LogP contribution is 2.21. The number of nitrogens with zero attached hydrogens (tertiary/aromatic N) is 3. The van der Waals surface area contributed by atoms with E-state index in [4.69, 9.17) is 0 Å². The fourth-order valence-corrected chi connectivity index (χ4v) is 1.69. The summed E-state index contributed by atoms with van der Waals surface area (Å²) in [6, 6.07) is 10.1. The number of benzene rings is 1. The van der Waals surface area contributed by atoms with Gasteiger partial charge < -0.3 is 5.32 Å². The largest absolute Gasteiger partial charge is 0.338 e. The fourth-order valence-electron chi connectivity index (χ4n) is 1.69. The zero-order valence-electron chi connectivity index (χ0n) is 10.7. The van der Waals surface area contributed by atoms with Gasteiger partial charge in [-0.2, -0.15) is 10.4 Å². The molecule has 1 N–H and O–H groups in total. The normalized spacial score (nSPS) is 9.89. The molecule has 0 spiro atoms. The lowest BCUT2D eigenvalue weighted by atomic mass is 10.1. The maximum absolute atomic E-state index is 9.20. The Kier molecular flexibility index (Phi) is 3.24. The van der Waals surface area contributed by atoms with Gasteiger partial charge in [-0.05, 0) is 44.0 Å². The number of hydrogen-bond acceptors (Lipinski definition) is 4.